The number of hydrogen-bond acceptors (Lipinski definition) is 0. The molecule has 0 aromatic heterocycles. The fourth-order valence-corrected chi connectivity index (χ4v) is 3.37. The van der Waals surface area contributed by atoms with E-state index in [2.05, 4.69) is 15.9 Å². The van der Waals surface area contributed by atoms with E-state index in [0.717, 1.165) is 21.5 Å². The predicted molar refractivity (Wildman–Crippen MR) is 70.1 cm³/mol. The molecule has 1 unspecified atom stereocenters. The maximum absolute atomic E-state index is 6.15. The van der Waals surface area contributed by atoms with Gasteiger partial charge in [-0.1, -0.05) is 58.4 Å². The van der Waals surface area contributed by atoms with Gasteiger partial charge in [0.05, 0.1) is 0 Å². The monoisotopic (exact) mass is 306 g/mol. The van der Waals surface area contributed by atoms with Gasteiger partial charge < -0.3 is 0 Å². The van der Waals surface area contributed by atoms with E-state index < -0.39 is 0 Å². The zero-order valence-electron chi connectivity index (χ0n) is 8.35. The third-order valence-electron chi connectivity index (χ3n) is 3.06. The average Bonchev–Trinajstić information content (AvgIpc) is 2.15. The van der Waals surface area contributed by atoms with Crippen LogP contribution in [0.1, 0.15) is 36.1 Å². The Morgan fingerprint density at radius 1 is 1.33 bits per heavy atom. The summed E-state index contributed by atoms with van der Waals surface area (Å²) in [7, 11) is 0. The Morgan fingerprint density at radius 2 is 2.07 bits per heavy atom. The largest absolute Gasteiger partial charge is 0.0843 e. The molecule has 0 radical (unpaired) electrons. The van der Waals surface area contributed by atoms with Crippen LogP contribution in [0.5, 0.6) is 0 Å². The van der Waals surface area contributed by atoms with Crippen LogP contribution in [0.2, 0.25) is 10.0 Å². The van der Waals surface area contributed by atoms with Crippen molar-refractivity contribution in [2.45, 2.75) is 30.5 Å². The van der Waals surface area contributed by atoms with E-state index >= 15 is 0 Å². The van der Waals surface area contributed by atoms with Crippen molar-refractivity contribution in [3.05, 3.63) is 33.8 Å². The third kappa shape index (κ3) is 2.89. The normalized spacial score (nSPS) is 18.6. The Hall–Kier alpha value is 0.280. The Balaban J connectivity index is 2.09. The molecule has 1 aromatic carbocycles. The second-order valence-corrected chi connectivity index (χ2v) is 6.11. The maximum atomic E-state index is 6.15. The lowest BCUT2D eigenvalue weighted by atomic mass is 9.81. The van der Waals surface area contributed by atoms with Crippen molar-refractivity contribution in [2.75, 3.05) is 0 Å². The topological polar surface area (TPSA) is 0 Å². The summed E-state index contributed by atoms with van der Waals surface area (Å²) in [5.41, 5.74) is 1.12. The molecule has 0 heterocycles. The molecule has 0 nitrogen and oxygen atoms in total. The second kappa shape index (κ2) is 5.07. The van der Waals surface area contributed by atoms with Crippen molar-refractivity contribution in [2.24, 2.45) is 5.92 Å². The molecule has 1 aliphatic carbocycles. The summed E-state index contributed by atoms with van der Waals surface area (Å²) in [5, 5.41) is 1.56. The summed E-state index contributed by atoms with van der Waals surface area (Å²) in [6.07, 6.45) is 5.27. The Kier molecular flexibility index (Phi) is 3.98. The summed E-state index contributed by atoms with van der Waals surface area (Å²) in [6, 6.07) is 5.66. The summed E-state index contributed by atoms with van der Waals surface area (Å²) >= 11 is 15.8. The molecule has 82 valence electrons. The van der Waals surface area contributed by atoms with E-state index in [9.17, 15) is 0 Å². The fourth-order valence-electron chi connectivity index (χ4n) is 1.90. The molecular formula is C12H13BrCl2. The van der Waals surface area contributed by atoms with E-state index in [1.807, 2.05) is 18.2 Å². The smallest absolute Gasteiger partial charge is 0.0450 e. The number of benzene rings is 1. The summed E-state index contributed by atoms with van der Waals surface area (Å²) in [6.45, 7) is 0. The Labute approximate surface area is 109 Å². The minimum absolute atomic E-state index is 0.342. The zero-order chi connectivity index (χ0) is 10.8. The van der Waals surface area contributed by atoms with E-state index in [-0.39, 0.29) is 0 Å². The highest BCUT2D eigenvalue weighted by molar-refractivity contribution is 9.09. The van der Waals surface area contributed by atoms with Crippen LogP contribution in [-0.2, 0) is 0 Å². The highest BCUT2D eigenvalue weighted by Crippen LogP contribution is 2.41. The molecule has 2 rings (SSSR count). The highest BCUT2D eigenvalue weighted by Gasteiger charge is 2.22. The Morgan fingerprint density at radius 3 is 2.67 bits per heavy atom. The fraction of sp³-hybridized carbons (Fsp3) is 0.500. The zero-order valence-corrected chi connectivity index (χ0v) is 11.4. The molecule has 0 N–H and O–H groups in total. The van der Waals surface area contributed by atoms with Gasteiger partial charge in [0.1, 0.15) is 0 Å². The van der Waals surface area contributed by atoms with Crippen LogP contribution in [0.4, 0.5) is 0 Å². The summed E-state index contributed by atoms with van der Waals surface area (Å²) < 4.78 is 0. The van der Waals surface area contributed by atoms with E-state index in [0.29, 0.717) is 4.83 Å². The van der Waals surface area contributed by atoms with Crippen molar-refractivity contribution >= 4 is 39.1 Å². The van der Waals surface area contributed by atoms with Gasteiger partial charge in [-0.05, 0) is 36.1 Å². The predicted octanol–water partition coefficient (Wildman–Crippen LogP) is 5.62. The van der Waals surface area contributed by atoms with E-state index in [1.54, 1.807) is 0 Å². The lowest BCUT2D eigenvalue weighted by molar-refractivity contribution is 0.295. The second-order valence-electron chi connectivity index (χ2n) is 4.17. The van der Waals surface area contributed by atoms with Gasteiger partial charge in [-0.15, -0.1) is 0 Å². The lowest BCUT2D eigenvalue weighted by Gasteiger charge is -2.27. The number of hydrogen-bond donors (Lipinski definition) is 0. The van der Waals surface area contributed by atoms with Crippen molar-refractivity contribution in [3.8, 4) is 0 Å². The van der Waals surface area contributed by atoms with Crippen LogP contribution < -0.4 is 0 Å². The average molecular weight is 308 g/mol. The highest BCUT2D eigenvalue weighted by atomic mass is 79.9. The molecule has 3 heteroatoms. The first-order valence-corrected chi connectivity index (χ1v) is 6.93. The molecule has 15 heavy (non-hydrogen) atoms. The van der Waals surface area contributed by atoms with Crippen LogP contribution in [0.3, 0.4) is 0 Å². The van der Waals surface area contributed by atoms with Gasteiger partial charge in [0.15, 0.2) is 0 Å². The van der Waals surface area contributed by atoms with Crippen molar-refractivity contribution in [3.63, 3.8) is 0 Å². The third-order valence-corrected chi connectivity index (χ3v) is 4.51. The lowest BCUT2D eigenvalue weighted by Crippen LogP contribution is -2.12. The molecule has 1 saturated carbocycles. The minimum atomic E-state index is 0.342. The van der Waals surface area contributed by atoms with E-state index in [1.165, 1.54) is 25.7 Å². The number of rotatable bonds is 3. The Bertz CT molecular complexity index is 347. The van der Waals surface area contributed by atoms with Gasteiger partial charge >= 0.3 is 0 Å². The number of alkyl halides is 1. The van der Waals surface area contributed by atoms with Gasteiger partial charge in [-0.2, -0.15) is 0 Å². The summed E-state index contributed by atoms with van der Waals surface area (Å²) in [5.74, 6) is 0.865. The maximum Gasteiger partial charge on any atom is 0.0450 e. The van der Waals surface area contributed by atoms with Crippen LogP contribution >= 0.6 is 39.1 Å². The van der Waals surface area contributed by atoms with Crippen LogP contribution in [0, 0.1) is 5.92 Å². The van der Waals surface area contributed by atoms with Crippen molar-refractivity contribution in [1.29, 1.82) is 0 Å². The molecule has 1 aliphatic rings. The van der Waals surface area contributed by atoms with Gasteiger partial charge in [0.25, 0.3) is 0 Å². The number of halogens is 3. The molecule has 0 aliphatic heterocycles. The molecule has 0 amide bonds. The van der Waals surface area contributed by atoms with Gasteiger partial charge in [0.2, 0.25) is 0 Å². The van der Waals surface area contributed by atoms with E-state index in [4.69, 9.17) is 23.2 Å². The molecule has 1 fully saturated rings. The van der Waals surface area contributed by atoms with Crippen molar-refractivity contribution < 1.29 is 0 Å². The standard InChI is InChI=1S/C12H13BrCl2/c13-11(6-8-2-1-3-8)10-7-9(14)4-5-12(10)15/h4-5,7-8,11H,1-3,6H2. The molecule has 0 saturated heterocycles. The molecule has 0 spiro atoms. The van der Waals surface area contributed by atoms with Crippen LogP contribution in [0.15, 0.2) is 18.2 Å². The molecule has 1 atom stereocenters. The molecule has 0 bridgehead atoms. The quantitative estimate of drug-likeness (QED) is 0.636. The first kappa shape index (κ1) is 11.8. The van der Waals surface area contributed by atoms with Crippen molar-refractivity contribution in [1.82, 2.24) is 0 Å². The first-order valence-electron chi connectivity index (χ1n) is 5.26. The van der Waals surface area contributed by atoms with Gasteiger partial charge in [0, 0.05) is 14.9 Å². The summed E-state index contributed by atoms with van der Waals surface area (Å²) in [4.78, 5) is 0.342. The van der Waals surface area contributed by atoms with Crippen LogP contribution in [0.25, 0.3) is 0 Å². The minimum Gasteiger partial charge on any atom is -0.0843 e. The first-order chi connectivity index (χ1) is 7.16. The van der Waals surface area contributed by atoms with Gasteiger partial charge in [-0.3, -0.25) is 0 Å². The van der Waals surface area contributed by atoms with Crippen LogP contribution in [-0.4, -0.2) is 0 Å². The SMILES string of the molecule is Clc1ccc(Cl)c(C(Br)CC2CCC2)c1. The molecular weight excluding hydrogens is 295 g/mol. The molecule has 1 aromatic rings. The van der Waals surface area contributed by atoms with Gasteiger partial charge in [-0.25, -0.2) is 0 Å².